The zero-order valence-electron chi connectivity index (χ0n) is 13.1. The van der Waals surface area contributed by atoms with Crippen LogP contribution in [0.25, 0.3) is 0 Å². The highest BCUT2D eigenvalue weighted by molar-refractivity contribution is 5.85. The van der Waals surface area contributed by atoms with Gasteiger partial charge in [0.1, 0.15) is 6.04 Å². The second-order valence-corrected chi connectivity index (χ2v) is 5.66. The normalized spacial score (nSPS) is 23.0. The Morgan fingerprint density at radius 3 is 2.52 bits per heavy atom. The summed E-state index contributed by atoms with van der Waals surface area (Å²) in [4.78, 5) is 12.3. The molecular weight excluding hydrogens is 288 g/mol. The van der Waals surface area contributed by atoms with E-state index in [-0.39, 0.29) is 36.5 Å². The Labute approximate surface area is 133 Å². The number of aryl methyl sites for hydroxylation is 2. The van der Waals surface area contributed by atoms with E-state index >= 15 is 0 Å². The Balaban J connectivity index is 0.00000220. The average molecular weight is 313 g/mol. The molecule has 3 atom stereocenters. The molecule has 5 heteroatoms. The van der Waals surface area contributed by atoms with Crippen molar-refractivity contribution in [2.75, 3.05) is 13.2 Å². The van der Waals surface area contributed by atoms with Crippen LogP contribution in [0.5, 0.6) is 0 Å². The summed E-state index contributed by atoms with van der Waals surface area (Å²) in [5, 5.41) is 6.28. The quantitative estimate of drug-likeness (QED) is 0.900. The summed E-state index contributed by atoms with van der Waals surface area (Å²) in [5.74, 6) is 0.00357. The minimum Gasteiger partial charge on any atom is -0.375 e. The van der Waals surface area contributed by atoms with Crippen molar-refractivity contribution in [1.82, 2.24) is 10.6 Å². The highest BCUT2D eigenvalue weighted by Gasteiger charge is 2.29. The van der Waals surface area contributed by atoms with Gasteiger partial charge >= 0.3 is 0 Å². The zero-order chi connectivity index (χ0) is 14.7. The van der Waals surface area contributed by atoms with Gasteiger partial charge in [0.2, 0.25) is 5.91 Å². The highest BCUT2D eigenvalue weighted by atomic mass is 35.5. The molecule has 0 bridgehead atoms. The van der Waals surface area contributed by atoms with Gasteiger partial charge in [0.05, 0.1) is 18.8 Å². The van der Waals surface area contributed by atoms with Crippen molar-refractivity contribution in [1.29, 1.82) is 0 Å². The number of morpholine rings is 1. The maximum absolute atomic E-state index is 12.3. The van der Waals surface area contributed by atoms with E-state index in [1.54, 1.807) is 0 Å². The molecule has 1 saturated heterocycles. The van der Waals surface area contributed by atoms with E-state index in [1.807, 2.05) is 13.8 Å². The molecule has 0 saturated carbocycles. The van der Waals surface area contributed by atoms with Gasteiger partial charge in [-0.1, -0.05) is 29.3 Å². The second kappa shape index (κ2) is 7.78. The van der Waals surface area contributed by atoms with Crippen LogP contribution in [0.3, 0.4) is 0 Å². The molecule has 1 amide bonds. The van der Waals surface area contributed by atoms with Crippen molar-refractivity contribution >= 4 is 18.3 Å². The number of rotatable bonds is 3. The smallest absolute Gasteiger partial charge is 0.240 e. The fourth-order valence-electron chi connectivity index (χ4n) is 2.67. The third-order valence-electron chi connectivity index (χ3n) is 3.70. The van der Waals surface area contributed by atoms with Crippen molar-refractivity contribution in [3.63, 3.8) is 0 Å². The molecule has 2 N–H and O–H groups in total. The Kier molecular flexibility index (Phi) is 6.65. The first-order chi connectivity index (χ1) is 9.47. The molecule has 118 valence electrons. The first kappa shape index (κ1) is 18.0. The fraction of sp³-hybridized carbons (Fsp3) is 0.562. The molecule has 1 aliphatic rings. The summed E-state index contributed by atoms with van der Waals surface area (Å²) < 4.78 is 5.51. The highest BCUT2D eigenvalue weighted by Crippen LogP contribution is 2.17. The number of benzene rings is 1. The van der Waals surface area contributed by atoms with E-state index in [9.17, 15) is 4.79 Å². The van der Waals surface area contributed by atoms with E-state index < -0.39 is 0 Å². The lowest BCUT2D eigenvalue weighted by Crippen LogP contribution is -2.55. The second-order valence-electron chi connectivity index (χ2n) is 5.66. The van der Waals surface area contributed by atoms with E-state index in [0.717, 1.165) is 12.1 Å². The monoisotopic (exact) mass is 312 g/mol. The van der Waals surface area contributed by atoms with Gasteiger partial charge in [-0.2, -0.15) is 0 Å². The summed E-state index contributed by atoms with van der Waals surface area (Å²) in [5.41, 5.74) is 3.57. The molecule has 0 aliphatic carbocycles. The van der Waals surface area contributed by atoms with Crippen molar-refractivity contribution in [2.45, 2.75) is 45.9 Å². The minimum atomic E-state index is -0.267. The number of ether oxygens (including phenoxy) is 1. The number of hydrogen-bond donors (Lipinski definition) is 2. The van der Waals surface area contributed by atoms with E-state index in [4.69, 9.17) is 4.74 Å². The lowest BCUT2D eigenvalue weighted by Gasteiger charge is -2.30. The van der Waals surface area contributed by atoms with Crippen LogP contribution in [0.1, 0.15) is 36.6 Å². The van der Waals surface area contributed by atoms with Crippen LogP contribution in [0.2, 0.25) is 0 Å². The molecular formula is C16H25ClN2O2. The first-order valence-corrected chi connectivity index (χ1v) is 7.21. The van der Waals surface area contributed by atoms with Gasteiger partial charge in [0, 0.05) is 6.54 Å². The molecule has 0 radical (unpaired) electrons. The topological polar surface area (TPSA) is 50.4 Å². The average Bonchev–Trinajstić information content (AvgIpc) is 2.37. The predicted octanol–water partition coefficient (Wildman–Crippen LogP) is 2.28. The van der Waals surface area contributed by atoms with Gasteiger partial charge in [0.15, 0.2) is 0 Å². The van der Waals surface area contributed by atoms with Crippen LogP contribution in [0, 0.1) is 13.8 Å². The van der Waals surface area contributed by atoms with Crippen LogP contribution in [-0.2, 0) is 9.53 Å². The fourth-order valence-corrected chi connectivity index (χ4v) is 2.67. The number of carbonyl (C=O) groups excluding carboxylic acids is 1. The summed E-state index contributed by atoms with van der Waals surface area (Å²) in [6.45, 7) is 9.48. The maximum atomic E-state index is 12.3. The SMILES string of the molecule is Cc1cc(C)cc(C(C)NC(=O)[C@H]2NCCO[C@@H]2C)c1.Cl. The van der Waals surface area contributed by atoms with E-state index in [2.05, 4.69) is 42.7 Å². The Morgan fingerprint density at radius 1 is 1.33 bits per heavy atom. The number of halogens is 1. The Bertz CT molecular complexity index is 473. The van der Waals surface area contributed by atoms with Crippen LogP contribution in [0.15, 0.2) is 18.2 Å². The van der Waals surface area contributed by atoms with Crippen molar-refractivity contribution in [3.05, 3.63) is 34.9 Å². The standard InChI is InChI=1S/C16H24N2O2.ClH/c1-10-7-11(2)9-14(8-10)12(3)18-16(19)15-13(4)20-6-5-17-15;/h7-9,12-13,15,17H,5-6H2,1-4H3,(H,18,19);1H/t12?,13-,15+;/m1./s1. The number of nitrogens with one attached hydrogen (secondary N) is 2. The van der Waals surface area contributed by atoms with Gasteiger partial charge in [0.25, 0.3) is 0 Å². The van der Waals surface area contributed by atoms with Crippen LogP contribution in [0.4, 0.5) is 0 Å². The number of hydrogen-bond acceptors (Lipinski definition) is 3. The molecule has 4 nitrogen and oxygen atoms in total. The van der Waals surface area contributed by atoms with E-state index in [1.165, 1.54) is 11.1 Å². The number of amides is 1. The molecule has 1 aliphatic heterocycles. The third kappa shape index (κ3) is 4.70. The summed E-state index contributed by atoms with van der Waals surface area (Å²) in [6.07, 6.45) is -0.0878. The van der Waals surface area contributed by atoms with Crippen molar-refractivity contribution in [3.8, 4) is 0 Å². The summed E-state index contributed by atoms with van der Waals surface area (Å²) >= 11 is 0. The summed E-state index contributed by atoms with van der Waals surface area (Å²) in [7, 11) is 0. The molecule has 0 spiro atoms. The largest absolute Gasteiger partial charge is 0.375 e. The molecule has 1 aromatic rings. The maximum Gasteiger partial charge on any atom is 0.240 e. The molecule has 1 unspecified atom stereocenters. The van der Waals surface area contributed by atoms with Crippen molar-refractivity contribution < 1.29 is 9.53 Å². The number of carbonyl (C=O) groups is 1. The van der Waals surface area contributed by atoms with Gasteiger partial charge in [-0.25, -0.2) is 0 Å². The third-order valence-corrected chi connectivity index (χ3v) is 3.70. The molecule has 1 aromatic carbocycles. The van der Waals surface area contributed by atoms with Crippen LogP contribution < -0.4 is 10.6 Å². The van der Waals surface area contributed by atoms with E-state index in [0.29, 0.717) is 6.61 Å². The molecule has 0 aromatic heterocycles. The van der Waals surface area contributed by atoms with Gasteiger partial charge in [-0.3, -0.25) is 4.79 Å². The lowest BCUT2D eigenvalue weighted by atomic mass is 10.0. The summed E-state index contributed by atoms with van der Waals surface area (Å²) in [6, 6.07) is 6.10. The van der Waals surface area contributed by atoms with Crippen LogP contribution in [-0.4, -0.2) is 31.2 Å². The Hall–Kier alpha value is -1.10. The zero-order valence-corrected chi connectivity index (χ0v) is 13.9. The van der Waals surface area contributed by atoms with Gasteiger partial charge in [-0.15, -0.1) is 12.4 Å². The molecule has 2 rings (SSSR count). The molecule has 1 fully saturated rings. The van der Waals surface area contributed by atoms with Crippen molar-refractivity contribution in [2.24, 2.45) is 0 Å². The van der Waals surface area contributed by atoms with Gasteiger partial charge in [-0.05, 0) is 33.3 Å². The molecule has 1 heterocycles. The van der Waals surface area contributed by atoms with Gasteiger partial charge < -0.3 is 15.4 Å². The lowest BCUT2D eigenvalue weighted by molar-refractivity contribution is -0.129. The van der Waals surface area contributed by atoms with Crippen LogP contribution >= 0.6 is 12.4 Å². The first-order valence-electron chi connectivity index (χ1n) is 7.21. The predicted molar refractivity (Wildman–Crippen MR) is 86.9 cm³/mol. The minimum absolute atomic E-state index is 0. The molecule has 21 heavy (non-hydrogen) atoms. The Morgan fingerprint density at radius 2 is 1.95 bits per heavy atom.